The van der Waals surface area contributed by atoms with Crippen LogP contribution < -0.4 is 10.5 Å². The van der Waals surface area contributed by atoms with Crippen LogP contribution in [0.25, 0.3) is 0 Å². The lowest BCUT2D eigenvalue weighted by molar-refractivity contribution is 0.576. The third-order valence-corrected chi connectivity index (χ3v) is 2.95. The van der Waals surface area contributed by atoms with Crippen molar-refractivity contribution in [2.45, 2.75) is 26.3 Å². The van der Waals surface area contributed by atoms with Crippen LogP contribution >= 0.6 is 0 Å². The molecule has 0 aliphatic rings. The highest BCUT2D eigenvalue weighted by Gasteiger charge is 2.14. The van der Waals surface area contributed by atoms with E-state index in [9.17, 15) is 8.42 Å². The molecule has 72 valence electrons. The standard InChI is InChI=1S/C6H15N3O2S/c1-3-4-12(10,11)9-5(2)6(7)8/h5,9H,3-4H2,1-2H3,(H3,7,8). The van der Waals surface area contributed by atoms with Crippen molar-refractivity contribution in [2.24, 2.45) is 5.73 Å². The van der Waals surface area contributed by atoms with Crippen LogP contribution in [-0.4, -0.2) is 26.0 Å². The van der Waals surface area contributed by atoms with E-state index >= 15 is 0 Å². The van der Waals surface area contributed by atoms with Crippen molar-refractivity contribution in [3.8, 4) is 0 Å². The predicted molar refractivity (Wildman–Crippen MR) is 48.6 cm³/mol. The Morgan fingerprint density at radius 1 is 1.67 bits per heavy atom. The number of nitrogens with one attached hydrogen (secondary N) is 2. The van der Waals surface area contributed by atoms with Gasteiger partial charge in [-0.3, -0.25) is 5.41 Å². The summed E-state index contributed by atoms with van der Waals surface area (Å²) in [6.07, 6.45) is 0.556. The summed E-state index contributed by atoms with van der Waals surface area (Å²) in [7, 11) is -3.25. The second kappa shape index (κ2) is 4.42. The van der Waals surface area contributed by atoms with Crippen LogP contribution in [0.5, 0.6) is 0 Å². The Balaban J connectivity index is 4.16. The molecule has 5 nitrogen and oxygen atoms in total. The van der Waals surface area contributed by atoms with Gasteiger partial charge in [0.2, 0.25) is 10.0 Å². The van der Waals surface area contributed by atoms with Gasteiger partial charge in [0.15, 0.2) is 0 Å². The largest absolute Gasteiger partial charge is 0.386 e. The number of nitrogens with two attached hydrogens (primary N) is 1. The van der Waals surface area contributed by atoms with E-state index < -0.39 is 16.1 Å². The molecular formula is C6H15N3O2S. The SMILES string of the molecule is CCCS(=O)(=O)NC(C)C(=N)N. The zero-order valence-electron chi connectivity index (χ0n) is 7.29. The predicted octanol–water partition coefficient (Wildman–Crippen LogP) is -0.360. The minimum atomic E-state index is -3.25. The number of hydrogen-bond donors (Lipinski definition) is 3. The van der Waals surface area contributed by atoms with Crippen molar-refractivity contribution < 1.29 is 8.42 Å². The first kappa shape index (κ1) is 11.4. The van der Waals surface area contributed by atoms with Crippen LogP contribution in [0, 0.1) is 5.41 Å². The summed E-state index contributed by atoms with van der Waals surface area (Å²) in [5.74, 6) is -0.0976. The number of hydrogen-bond acceptors (Lipinski definition) is 3. The van der Waals surface area contributed by atoms with Crippen LogP contribution in [0.4, 0.5) is 0 Å². The maximum absolute atomic E-state index is 11.1. The van der Waals surface area contributed by atoms with Gasteiger partial charge in [-0.2, -0.15) is 0 Å². The van der Waals surface area contributed by atoms with Crippen molar-refractivity contribution in [1.29, 1.82) is 5.41 Å². The van der Waals surface area contributed by atoms with Gasteiger partial charge in [-0.05, 0) is 13.3 Å². The number of sulfonamides is 1. The van der Waals surface area contributed by atoms with E-state index in [1.807, 2.05) is 0 Å². The van der Waals surface area contributed by atoms with Gasteiger partial charge in [-0.15, -0.1) is 0 Å². The molecule has 4 N–H and O–H groups in total. The van der Waals surface area contributed by atoms with Crippen LogP contribution in [0.2, 0.25) is 0 Å². The highest BCUT2D eigenvalue weighted by Crippen LogP contribution is 1.91. The number of rotatable bonds is 5. The molecule has 0 saturated carbocycles. The summed E-state index contributed by atoms with van der Waals surface area (Å²) in [6.45, 7) is 3.31. The van der Waals surface area contributed by atoms with Gasteiger partial charge in [0.25, 0.3) is 0 Å². The molecule has 1 atom stereocenters. The third-order valence-electron chi connectivity index (χ3n) is 1.30. The molecule has 6 heteroatoms. The van der Waals surface area contributed by atoms with Gasteiger partial charge in [0.1, 0.15) is 5.84 Å². The lowest BCUT2D eigenvalue weighted by Gasteiger charge is -2.11. The Morgan fingerprint density at radius 2 is 2.17 bits per heavy atom. The van der Waals surface area contributed by atoms with Crippen LogP contribution in [0.1, 0.15) is 20.3 Å². The molecule has 0 aromatic heterocycles. The van der Waals surface area contributed by atoms with Gasteiger partial charge in [-0.25, -0.2) is 13.1 Å². The fraction of sp³-hybridized carbons (Fsp3) is 0.833. The van der Waals surface area contributed by atoms with Gasteiger partial charge in [-0.1, -0.05) is 6.92 Å². The minimum absolute atomic E-state index is 0.0740. The summed E-state index contributed by atoms with van der Waals surface area (Å²) in [5, 5.41) is 6.96. The molecule has 0 rings (SSSR count). The maximum atomic E-state index is 11.1. The molecule has 1 unspecified atom stereocenters. The minimum Gasteiger partial charge on any atom is -0.386 e. The van der Waals surface area contributed by atoms with E-state index in [0.717, 1.165) is 0 Å². The average Bonchev–Trinajstić information content (AvgIpc) is 1.85. The molecule has 0 aromatic rings. The van der Waals surface area contributed by atoms with Crippen molar-refractivity contribution in [3.63, 3.8) is 0 Å². The van der Waals surface area contributed by atoms with E-state index in [4.69, 9.17) is 11.1 Å². The maximum Gasteiger partial charge on any atom is 0.212 e. The molecule has 0 saturated heterocycles. The van der Waals surface area contributed by atoms with Gasteiger partial charge in [0.05, 0.1) is 11.8 Å². The summed E-state index contributed by atoms with van der Waals surface area (Å²) in [4.78, 5) is 0. The zero-order chi connectivity index (χ0) is 9.78. The average molecular weight is 193 g/mol. The Hall–Kier alpha value is -0.620. The first-order valence-electron chi connectivity index (χ1n) is 3.73. The monoisotopic (exact) mass is 193 g/mol. The second-order valence-electron chi connectivity index (χ2n) is 2.61. The zero-order valence-corrected chi connectivity index (χ0v) is 8.11. The highest BCUT2D eigenvalue weighted by molar-refractivity contribution is 7.89. The van der Waals surface area contributed by atoms with E-state index in [0.29, 0.717) is 6.42 Å². The summed E-state index contributed by atoms with van der Waals surface area (Å²) < 4.78 is 24.4. The topological polar surface area (TPSA) is 96.0 Å². The first-order valence-corrected chi connectivity index (χ1v) is 5.38. The fourth-order valence-electron chi connectivity index (χ4n) is 0.660. The smallest absolute Gasteiger partial charge is 0.212 e. The first-order chi connectivity index (χ1) is 5.39. The van der Waals surface area contributed by atoms with Crippen molar-refractivity contribution >= 4 is 15.9 Å². The third kappa shape index (κ3) is 4.30. The van der Waals surface area contributed by atoms with Crippen LogP contribution in [0.3, 0.4) is 0 Å². The Labute approximate surface area is 72.9 Å². The van der Waals surface area contributed by atoms with E-state index in [1.54, 1.807) is 6.92 Å². The highest BCUT2D eigenvalue weighted by atomic mass is 32.2. The Bertz CT molecular complexity index is 248. The quantitative estimate of drug-likeness (QED) is 0.411. The molecule has 0 amide bonds. The summed E-state index contributed by atoms with van der Waals surface area (Å²) >= 11 is 0. The van der Waals surface area contributed by atoms with Crippen molar-refractivity contribution in [3.05, 3.63) is 0 Å². The van der Waals surface area contributed by atoms with Gasteiger partial charge >= 0.3 is 0 Å². The van der Waals surface area contributed by atoms with E-state index in [1.165, 1.54) is 6.92 Å². The van der Waals surface area contributed by atoms with E-state index in [2.05, 4.69) is 4.72 Å². The fourth-order valence-corrected chi connectivity index (χ4v) is 1.98. The lowest BCUT2D eigenvalue weighted by Crippen LogP contribution is -2.42. The second-order valence-corrected chi connectivity index (χ2v) is 4.49. The molecule has 0 aromatic carbocycles. The Morgan fingerprint density at radius 3 is 2.50 bits per heavy atom. The van der Waals surface area contributed by atoms with Crippen molar-refractivity contribution in [2.75, 3.05) is 5.75 Å². The molecular weight excluding hydrogens is 178 g/mol. The summed E-state index contributed by atoms with van der Waals surface area (Å²) in [6, 6.07) is -0.610. The molecule has 0 aliphatic carbocycles. The van der Waals surface area contributed by atoms with Crippen LogP contribution in [-0.2, 0) is 10.0 Å². The normalized spacial score (nSPS) is 14.2. The van der Waals surface area contributed by atoms with Gasteiger partial charge in [0, 0.05) is 0 Å². The molecule has 0 aliphatic heterocycles. The van der Waals surface area contributed by atoms with Crippen LogP contribution in [0.15, 0.2) is 0 Å². The van der Waals surface area contributed by atoms with E-state index in [-0.39, 0.29) is 11.6 Å². The van der Waals surface area contributed by atoms with Crippen molar-refractivity contribution in [1.82, 2.24) is 4.72 Å². The number of amidine groups is 1. The molecule has 0 radical (unpaired) electrons. The molecule has 0 fully saturated rings. The Kier molecular flexibility index (Phi) is 4.19. The van der Waals surface area contributed by atoms with Gasteiger partial charge < -0.3 is 5.73 Å². The molecule has 0 spiro atoms. The molecule has 0 heterocycles. The lowest BCUT2D eigenvalue weighted by atomic mass is 10.3. The summed E-state index contributed by atoms with van der Waals surface area (Å²) in [5.41, 5.74) is 5.10. The molecule has 0 bridgehead atoms. The molecule has 12 heavy (non-hydrogen) atoms.